The van der Waals surface area contributed by atoms with Gasteiger partial charge in [-0.2, -0.15) is 0 Å². The predicted octanol–water partition coefficient (Wildman–Crippen LogP) is 2.33. The van der Waals surface area contributed by atoms with Crippen molar-refractivity contribution in [3.05, 3.63) is 46.3 Å². The van der Waals surface area contributed by atoms with Crippen LogP contribution >= 0.6 is 0 Å². The highest BCUT2D eigenvalue weighted by molar-refractivity contribution is 5.08. The molecule has 6 heteroatoms. The molecule has 6 nitrogen and oxygen atoms in total. The van der Waals surface area contributed by atoms with Crippen LogP contribution in [0.5, 0.6) is 0 Å². The number of rotatable bonds is 5. The smallest absolute Gasteiger partial charge is 0.256 e. The van der Waals surface area contributed by atoms with Crippen molar-refractivity contribution in [2.24, 2.45) is 5.92 Å². The minimum atomic E-state index is 0.0832. The molecule has 1 saturated heterocycles. The lowest BCUT2D eigenvalue weighted by atomic mass is 9.96. The molecule has 0 unspecified atom stereocenters. The minimum Gasteiger partial charge on any atom is -0.444 e. The molecule has 128 valence electrons. The molecule has 0 amide bonds. The molecule has 3 heterocycles. The second-order valence-electron chi connectivity index (χ2n) is 7.18. The van der Waals surface area contributed by atoms with Crippen molar-refractivity contribution >= 4 is 0 Å². The van der Waals surface area contributed by atoms with Crippen LogP contribution in [0.15, 0.2) is 27.9 Å². The number of nitrogens with zero attached hydrogens (tertiary/aromatic N) is 4. The molecule has 1 aliphatic carbocycles. The Balaban J connectivity index is 1.29. The van der Waals surface area contributed by atoms with Gasteiger partial charge in [-0.25, -0.2) is 9.97 Å². The molecule has 0 aromatic carbocycles. The van der Waals surface area contributed by atoms with E-state index in [1.54, 1.807) is 17.1 Å². The quantitative estimate of drug-likeness (QED) is 0.843. The van der Waals surface area contributed by atoms with Crippen LogP contribution in [0.1, 0.15) is 48.8 Å². The molecular weight excluding hydrogens is 304 g/mol. The van der Waals surface area contributed by atoms with E-state index < -0.39 is 0 Å². The summed E-state index contributed by atoms with van der Waals surface area (Å²) in [5.74, 6) is 3.06. The van der Waals surface area contributed by atoms with E-state index in [1.165, 1.54) is 12.8 Å². The summed E-state index contributed by atoms with van der Waals surface area (Å²) in [5, 5.41) is 0. The number of piperidine rings is 1. The summed E-state index contributed by atoms with van der Waals surface area (Å²) in [7, 11) is 0. The van der Waals surface area contributed by atoms with Gasteiger partial charge >= 0.3 is 0 Å². The SMILES string of the molecule is Cc1cncn(CC2CCN(Cc3ncc(C4CC4)o3)CC2)c1=O. The van der Waals surface area contributed by atoms with E-state index in [9.17, 15) is 4.79 Å². The highest BCUT2D eigenvalue weighted by Gasteiger charge is 2.28. The van der Waals surface area contributed by atoms with Crippen LogP contribution in [0.4, 0.5) is 0 Å². The number of hydrogen-bond donors (Lipinski definition) is 0. The summed E-state index contributed by atoms with van der Waals surface area (Å²) >= 11 is 0. The van der Waals surface area contributed by atoms with Crippen LogP contribution in [-0.4, -0.2) is 32.5 Å². The first kappa shape index (κ1) is 15.6. The highest BCUT2D eigenvalue weighted by Crippen LogP contribution is 2.40. The highest BCUT2D eigenvalue weighted by atomic mass is 16.4. The predicted molar refractivity (Wildman–Crippen MR) is 89.7 cm³/mol. The van der Waals surface area contributed by atoms with Gasteiger partial charge in [0.15, 0.2) is 0 Å². The van der Waals surface area contributed by atoms with Gasteiger partial charge in [0.2, 0.25) is 5.89 Å². The Labute approximate surface area is 141 Å². The summed E-state index contributed by atoms with van der Waals surface area (Å²) in [6.45, 7) is 5.44. The summed E-state index contributed by atoms with van der Waals surface area (Å²) in [5.41, 5.74) is 0.796. The molecular formula is C18H24N4O2. The third-order valence-corrected chi connectivity index (χ3v) is 5.14. The summed E-state index contributed by atoms with van der Waals surface area (Å²) in [4.78, 5) is 23.1. The zero-order valence-corrected chi connectivity index (χ0v) is 14.1. The van der Waals surface area contributed by atoms with Crippen molar-refractivity contribution in [3.8, 4) is 0 Å². The largest absolute Gasteiger partial charge is 0.444 e. The van der Waals surface area contributed by atoms with Crippen molar-refractivity contribution in [3.63, 3.8) is 0 Å². The topological polar surface area (TPSA) is 64.2 Å². The van der Waals surface area contributed by atoms with Crippen LogP contribution in [-0.2, 0) is 13.1 Å². The molecule has 1 aliphatic heterocycles. The third kappa shape index (κ3) is 3.43. The van der Waals surface area contributed by atoms with Crippen LogP contribution < -0.4 is 5.56 Å². The Kier molecular flexibility index (Phi) is 4.22. The van der Waals surface area contributed by atoms with Gasteiger partial charge in [-0.05, 0) is 51.6 Å². The lowest BCUT2D eigenvalue weighted by Gasteiger charge is -2.31. The third-order valence-electron chi connectivity index (χ3n) is 5.14. The second kappa shape index (κ2) is 6.51. The normalized spacial score (nSPS) is 19.7. The standard InChI is InChI=1S/C18H24N4O2/c1-13-8-19-12-22(18(13)23)10-14-4-6-21(7-5-14)11-17-20-9-16(24-17)15-2-3-15/h8-9,12,14-15H,2-7,10-11H2,1H3. The van der Waals surface area contributed by atoms with Gasteiger partial charge in [0.05, 0.1) is 19.1 Å². The lowest BCUT2D eigenvalue weighted by Crippen LogP contribution is -2.36. The Bertz CT molecular complexity index is 754. The fourth-order valence-corrected chi connectivity index (χ4v) is 3.44. The number of likely N-dealkylation sites (tertiary alicyclic amines) is 1. The number of aromatic nitrogens is 3. The van der Waals surface area contributed by atoms with E-state index in [2.05, 4.69) is 14.9 Å². The molecule has 0 atom stereocenters. The lowest BCUT2D eigenvalue weighted by molar-refractivity contribution is 0.153. The second-order valence-corrected chi connectivity index (χ2v) is 7.18. The van der Waals surface area contributed by atoms with Gasteiger partial charge < -0.3 is 4.42 Å². The van der Waals surface area contributed by atoms with Gasteiger partial charge in [-0.3, -0.25) is 14.3 Å². The van der Waals surface area contributed by atoms with E-state index in [0.717, 1.165) is 50.7 Å². The molecule has 2 aliphatic rings. The van der Waals surface area contributed by atoms with Crippen LogP contribution in [0.25, 0.3) is 0 Å². The summed E-state index contributed by atoms with van der Waals surface area (Å²) in [6.07, 6.45) is 9.87. The van der Waals surface area contributed by atoms with E-state index in [0.29, 0.717) is 17.4 Å². The van der Waals surface area contributed by atoms with E-state index in [1.807, 2.05) is 13.1 Å². The molecule has 1 saturated carbocycles. The van der Waals surface area contributed by atoms with Crippen LogP contribution in [0.3, 0.4) is 0 Å². The number of aryl methyl sites for hydroxylation is 1. The number of hydrogen-bond acceptors (Lipinski definition) is 5. The van der Waals surface area contributed by atoms with Crippen molar-refractivity contribution in [1.29, 1.82) is 0 Å². The first-order valence-electron chi connectivity index (χ1n) is 8.87. The van der Waals surface area contributed by atoms with E-state index in [4.69, 9.17) is 4.42 Å². The van der Waals surface area contributed by atoms with Crippen molar-refractivity contribution in [2.75, 3.05) is 13.1 Å². The summed E-state index contributed by atoms with van der Waals surface area (Å²) < 4.78 is 7.61. The van der Waals surface area contributed by atoms with Crippen LogP contribution in [0, 0.1) is 12.8 Å². The minimum absolute atomic E-state index is 0.0832. The average molecular weight is 328 g/mol. The summed E-state index contributed by atoms with van der Waals surface area (Å²) in [6, 6.07) is 0. The molecule has 24 heavy (non-hydrogen) atoms. The molecule has 0 spiro atoms. The molecule has 2 aromatic rings. The Morgan fingerprint density at radius 3 is 2.75 bits per heavy atom. The Hall–Kier alpha value is -1.95. The van der Waals surface area contributed by atoms with E-state index in [-0.39, 0.29) is 5.56 Å². The van der Waals surface area contributed by atoms with Crippen molar-refractivity contribution in [1.82, 2.24) is 19.4 Å². The maximum Gasteiger partial charge on any atom is 0.256 e. The van der Waals surface area contributed by atoms with Gasteiger partial charge in [0.25, 0.3) is 5.56 Å². The molecule has 2 fully saturated rings. The molecule has 2 aromatic heterocycles. The first-order chi connectivity index (χ1) is 11.7. The first-order valence-corrected chi connectivity index (χ1v) is 8.87. The van der Waals surface area contributed by atoms with Crippen molar-refractivity contribution in [2.45, 2.75) is 51.6 Å². The Morgan fingerprint density at radius 2 is 2.00 bits per heavy atom. The van der Waals surface area contributed by atoms with Gasteiger partial charge in [-0.1, -0.05) is 0 Å². The molecule has 0 N–H and O–H groups in total. The maximum atomic E-state index is 12.1. The number of oxazole rings is 1. The maximum absolute atomic E-state index is 12.1. The molecule has 0 bridgehead atoms. The van der Waals surface area contributed by atoms with Gasteiger partial charge in [0.1, 0.15) is 5.76 Å². The van der Waals surface area contributed by atoms with E-state index >= 15 is 0 Å². The zero-order valence-electron chi connectivity index (χ0n) is 14.1. The average Bonchev–Trinajstić information content (AvgIpc) is 3.34. The fraction of sp³-hybridized carbons (Fsp3) is 0.611. The van der Waals surface area contributed by atoms with Crippen LogP contribution in [0.2, 0.25) is 0 Å². The molecule has 0 radical (unpaired) electrons. The van der Waals surface area contributed by atoms with Gasteiger partial charge in [0, 0.05) is 24.2 Å². The van der Waals surface area contributed by atoms with Crippen molar-refractivity contribution < 1.29 is 4.42 Å². The molecule has 4 rings (SSSR count). The fourth-order valence-electron chi connectivity index (χ4n) is 3.44. The Morgan fingerprint density at radius 1 is 1.21 bits per heavy atom. The zero-order chi connectivity index (χ0) is 16.5. The monoisotopic (exact) mass is 328 g/mol. The van der Waals surface area contributed by atoms with Gasteiger partial charge in [-0.15, -0.1) is 0 Å².